The first-order valence-corrected chi connectivity index (χ1v) is 10.4. The Labute approximate surface area is 174 Å². The van der Waals surface area contributed by atoms with Crippen LogP contribution in [0.5, 0.6) is 0 Å². The molecular formula is C21H27N5O2S. The van der Waals surface area contributed by atoms with Crippen LogP contribution in [0.1, 0.15) is 61.0 Å². The number of carbonyl (C=O) groups excluding carboxylic acids is 2. The number of thiazole rings is 1. The highest BCUT2D eigenvalue weighted by Crippen LogP contribution is 2.32. The van der Waals surface area contributed by atoms with Crippen molar-refractivity contribution in [3.63, 3.8) is 0 Å². The lowest BCUT2D eigenvalue weighted by Gasteiger charge is -2.19. The number of aryl methyl sites for hydroxylation is 1. The Morgan fingerprint density at radius 1 is 1.14 bits per heavy atom. The van der Waals surface area contributed by atoms with E-state index >= 15 is 0 Å². The van der Waals surface area contributed by atoms with Crippen molar-refractivity contribution in [2.75, 3.05) is 11.9 Å². The van der Waals surface area contributed by atoms with Crippen LogP contribution >= 0.6 is 11.3 Å². The number of anilines is 1. The van der Waals surface area contributed by atoms with Crippen LogP contribution in [-0.2, 0) is 5.54 Å². The summed E-state index contributed by atoms with van der Waals surface area (Å²) < 4.78 is 2.41. The molecule has 0 fully saturated rings. The maximum absolute atomic E-state index is 12.7. The minimum Gasteiger partial charge on any atom is -0.350 e. The smallest absolute Gasteiger partial charge is 0.273 e. The first kappa shape index (κ1) is 21.0. The molecule has 3 rings (SSSR count). The first-order valence-electron chi connectivity index (χ1n) is 9.62. The molecule has 0 saturated carbocycles. The molecule has 154 valence electrons. The van der Waals surface area contributed by atoms with E-state index in [9.17, 15) is 9.59 Å². The van der Waals surface area contributed by atoms with Crippen LogP contribution in [0.15, 0.2) is 24.3 Å². The largest absolute Gasteiger partial charge is 0.350 e. The van der Waals surface area contributed by atoms with Crippen molar-refractivity contribution in [2.24, 2.45) is 5.92 Å². The molecule has 0 unspecified atom stereocenters. The fourth-order valence-corrected chi connectivity index (χ4v) is 3.65. The standard InChI is InChI=1S/C21H27N5O2S/c1-12(2)11-22-19(28)15-16-17(26(25-15)21(4,5)6)23-20(29-16)24-18(27)14-9-7-13(3)8-10-14/h7-10,12H,11H2,1-6H3,(H,22,28)(H,23,24,27). The third-order valence-electron chi connectivity index (χ3n) is 4.28. The molecular weight excluding hydrogens is 386 g/mol. The molecule has 2 N–H and O–H groups in total. The van der Waals surface area contributed by atoms with Gasteiger partial charge in [-0.25, -0.2) is 4.68 Å². The van der Waals surface area contributed by atoms with Gasteiger partial charge in [-0.3, -0.25) is 14.9 Å². The number of hydrogen-bond acceptors (Lipinski definition) is 5. The summed E-state index contributed by atoms with van der Waals surface area (Å²) in [6, 6.07) is 7.34. The summed E-state index contributed by atoms with van der Waals surface area (Å²) in [5.41, 5.74) is 2.22. The Morgan fingerprint density at radius 2 is 1.79 bits per heavy atom. The zero-order chi connectivity index (χ0) is 21.3. The van der Waals surface area contributed by atoms with E-state index in [-0.39, 0.29) is 17.4 Å². The number of fused-ring (bicyclic) bond motifs is 1. The zero-order valence-electron chi connectivity index (χ0n) is 17.7. The van der Waals surface area contributed by atoms with Gasteiger partial charge in [0.25, 0.3) is 11.8 Å². The van der Waals surface area contributed by atoms with Crippen molar-refractivity contribution >= 4 is 38.6 Å². The van der Waals surface area contributed by atoms with Gasteiger partial charge in [0, 0.05) is 12.1 Å². The molecule has 0 bridgehead atoms. The molecule has 0 saturated heterocycles. The normalized spacial score (nSPS) is 11.8. The van der Waals surface area contributed by atoms with Crippen LogP contribution in [-0.4, -0.2) is 33.1 Å². The number of carbonyl (C=O) groups is 2. The van der Waals surface area contributed by atoms with Crippen LogP contribution in [0.4, 0.5) is 5.13 Å². The van der Waals surface area contributed by atoms with Gasteiger partial charge < -0.3 is 5.32 Å². The molecule has 0 aliphatic heterocycles. The molecule has 29 heavy (non-hydrogen) atoms. The van der Waals surface area contributed by atoms with Crippen molar-refractivity contribution in [1.82, 2.24) is 20.1 Å². The van der Waals surface area contributed by atoms with E-state index in [0.717, 1.165) is 5.56 Å². The number of nitrogens with one attached hydrogen (secondary N) is 2. The van der Waals surface area contributed by atoms with Crippen molar-refractivity contribution in [1.29, 1.82) is 0 Å². The van der Waals surface area contributed by atoms with Gasteiger partial charge in [-0.15, -0.1) is 0 Å². The average molecular weight is 414 g/mol. The van der Waals surface area contributed by atoms with E-state index in [4.69, 9.17) is 0 Å². The van der Waals surface area contributed by atoms with Crippen molar-refractivity contribution in [3.05, 3.63) is 41.1 Å². The number of aromatic nitrogens is 3. The monoisotopic (exact) mass is 413 g/mol. The summed E-state index contributed by atoms with van der Waals surface area (Å²) in [5.74, 6) is -0.126. The van der Waals surface area contributed by atoms with Gasteiger partial charge in [-0.2, -0.15) is 10.1 Å². The van der Waals surface area contributed by atoms with E-state index in [1.54, 1.807) is 16.8 Å². The van der Waals surface area contributed by atoms with Gasteiger partial charge in [-0.05, 0) is 45.7 Å². The Kier molecular flexibility index (Phi) is 5.75. The molecule has 3 aromatic rings. The Morgan fingerprint density at radius 3 is 2.38 bits per heavy atom. The van der Waals surface area contributed by atoms with Crippen LogP contribution in [0, 0.1) is 12.8 Å². The van der Waals surface area contributed by atoms with E-state index in [2.05, 4.69) is 20.7 Å². The number of hydrogen-bond donors (Lipinski definition) is 2. The summed E-state index contributed by atoms with van der Waals surface area (Å²) in [6.07, 6.45) is 0. The predicted octanol–water partition coefficient (Wildman–Crippen LogP) is 4.19. The molecule has 2 heterocycles. The average Bonchev–Trinajstić information content (AvgIpc) is 3.18. The van der Waals surface area contributed by atoms with Crippen molar-refractivity contribution in [2.45, 2.75) is 47.1 Å². The highest BCUT2D eigenvalue weighted by Gasteiger charge is 2.27. The van der Waals surface area contributed by atoms with E-state index in [1.807, 2.05) is 53.7 Å². The zero-order valence-corrected chi connectivity index (χ0v) is 18.5. The number of rotatable bonds is 5. The van der Waals surface area contributed by atoms with Gasteiger partial charge >= 0.3 is 0 Å². The molecule has 0 radical (unpaired) electrons. The maximum Gasteiger partial charge on any atom is 0.273 e. The molecule has 0 atom stereocenters. The maximum atomic E-state index is 12.7. The second kappa shape index (κ2) is 7.94. The molecule has 0 aliphatic carbocycles. The van der Waals surface area contributed by atoms with E-state index < -0.39 is 0 Å². The van der Waals surface area contributed by atoms with E-state index in [1.165, 1.54) is 11.3 Å². The second-order valence-electron chi connectivity index (χ2n) is 8.53. The molecule has 7 nitrogen and oxygen atoms in total. The fraction of sp³-hybridized carbons (Fsp3) is 0.429. The predicted molar refractivity (Wildman–Crippen MR) is 117 cm³/mol. The molecule has 2 aromatic heterocycles. The van der Waals surface area contributed by atoms with Gasteiger partial charge in [0.15, 0.2) is 16.5 Å². The number of amides is 2. The van der Waals surface area contributed by atoms with Crippen molar-refractivity contribution < 1.29 is 9.59 Å². The summed E-state index contributed by atoms with van der Waals surface area (Å²) >= 11 is 1.26. The van der Waals surface area contributed by atoms with Gasteiger partial charge in [0.1, 0.15) is 4.70 Å². The summed E-state index contributed by atoms with van der Waals surface area (Å²) in [4.78, 5) is 29.8. The summed E-state index contributed by atoms with van der Waals surface area (Å²) in [6.45, 7) is 12.6. The van der Waals surface area contributed by atoms with Crippen LogP contribution in [0.3, 0.4) is 0 Å². The lowest BCUT2D eigenvalue weighted by molar-refractivity contribution is 0.0943. The first-order chi connectivity index (χ1) is 13.6. The topological polar surface area (TPSA) is 88.9 Å². The fourth-order valence-electron chi connectivity index (χ4n) is 2.73. The Bertz CT molecular complexity index is 1040. The summed E-state index contributed by atoms with van der Waals surface area (Å²) in [5, 5.41) is 10.7. The lowest BCUT2D eigenvalue weighted by atomic mass is 10.1. The molecule has 0 spiro atoms. The lowest BCUT2D eigenvalue weighted by Crippen LogP contribution is -2.29. The van der Waals surface area contributed by atoms with Gasteiger partial charge in [-0.1, -0.05) is 42.9 Å². The minimum atomic E-state index is -0.360. The number of nitrogens with zero attached hydrogens (tertiary/aromatic N) is 3. The third-order valence-corrected chi connectivity index (χ3v) is 5.25. The van der Waals surface area contributed by atoms with E-state index in [0.29, 0.717) is 39.2 Å². The molecule has 8 heteroatoms. The minimum absolute atomic E-state index is 0.230. The van der Waals surface area contributed by atoms with Gasteiger partial charge in [0.05, 0.1) is 5.54 Å². The second-order valence-corrected chi connectivity index (χ2v) is 9.53. The third kappa shape index (κ3) is 4.64. The Hall–Kier alpha value is -2.74. The Balaban J connectivity index is 1.95. The highest BCUT2D eigenvalue weighted by molar-refractivity contribution is 7.22. The van der Waals surface area contributed by atoms with Crippen LogP contribution < -0.4 is 10.6 Å². The molecule has 0 aliphatic rings. The summed E-state index contributed by atoms with van der Waals surface area (Å²) in [7, 11) is 0. The SMILES string of the molecule is Cc1ccc(C(=O)Nc2nc3c(s2)c(C(=O)NCC(C)C)nn3C(C)(C)C)cc1. The molecule has 2 amide bonds. The van der Waals surface area contributed by atoms with Gasteiger partial charge in [0.2, 0.25) is 0 Å². The molecule has 1 aromatic carbocycles. The van der Waals surface area contributed by atoms with Crippen LogP contribution in [0.2, 0.25) is 0 Å². The van der Waals surface area contributed by atoms with Crippen LogP contribution in [0.25, 0.3) is 10.3 Å². The van der Waals surface area contributed by atoms with Crippen molar-refractivity contribution in [3.8, 4) is 0 Å². The quantitative estimate of drug-likeness (QED) is 0.656. The highest BCUT2D eigenvalue weighted by atomic mass is 32.1. The number of benzene rings is 1.